The SMILES string of the molecule is CCOC(=O)c1noc(-c2ccc(OC)cc2Cl)c1Br. The summed E-state index contributed by atoms with van der Waals surface area (Å²) in [5.41, 5.74) is 0.677. The van der Waals surface area contributed by atoms with Crippen molar-refractivity contribution in [3.05, 3.63) is 33.4 Å². The Morgan fingerprint density at radius 1 is 1.50 bits per heavy atom. The largest absolute Gasteiger partial charge is 0.497 e. The summed E-state index contributed by atoms with van der Waals surface area (Å²) >= 11 is 9.44. The molecule has 0 radical (unpaired) electrons. The average molecular weight is 361 g/mol. The lowest BCUT2D eigenvalue weighted by Gasteiger charge is -2.04. The van der Waals surface area contributed by atoms with Gasteiger partial charge in [-0.3, -0.25) is 0 Å². The summed E-state index contributed by atoms with van der Waals surface area (Å²) in [5.74, 6) is 0.430. The summed E-state index contributed by atoms with van der Waals surface area (Å²) < 4.78 is 15.5. The number of rotatable bonds is 4. The molecule has 1 aromatic heterocycles. The molecule has 2 rings (SSSR count). The van der Waals surface area contributed by atoms with E-state index in [1.165, 1.54) is 0 Å². The van der Waals surface area contributed by atoms with E-state index in [4.69, 9.17) is 25.6 Å². The van der Waals surface area contributed by atoms with Gasteiger partial charge in [-0.25, -0.2) is 4.79 Å². The smallest absolute Gasteiger partial charge is 0.361 e. The first-order valence-electron chi connectivity index (χ1n) is 5.74. The van der Waals surface area contributed by atoms with Crippen LogP contribution < -0.4 is 4.74 Å². The number of halogens is 2. The number of benzene rings is 1. The molecule has 20 heavy (non-hydrogen) atoms. The molecule has 0 aliphatic carbocycles. The number of methoxy groups -OCH3 is 1. The lowest BCUT2D eigenvalue weighted by molar-refractivity contribution is 0.0513. The van der Waals surface area contributed by atoms with Crippen molar-refractivity contribution in [3.63, 3.8) is 0 Å². The highest BCUT2D eigenvalue weighted by molar-refractivity contribution is 9.10. The van der Waals surface area contributed by atoms with Crippen molar-refractivity contribution >= 4 is 33.5 Å². The van der Waals surface area contributed by atoms with Crippen LogP contribution in [-0.4, -0.2) is 24.8 Å². The van der Waals surface area contributed by atoms with Crippen molar-refractivity contribution in [3.8, 4) is 17.1 Å². The first kappa shape index (κ1) is 14.9. The highest BCUT2D eigenvalue weighted by Gasteiger charge is 2.23. The van der Waals surface area contributed by atoms with E-state index >= 15 is 0 Å². The Balaban J connectivity index is 2.42. The standard InChI is InChI=1S/C13H11BrClNO4/c1-3-19-13(17)11-10(14)12(20-16-11)8-5-4-7(18-2)6-9(8)15/h4-6H,3H2,1-2H3. The maximum Gasteiger partial charge on any atom is 0.361 e. The Labute approximate surface area is 128 Å². The third-order valence-corrected chi connectivity index (χ3v) is 3.57. The minimum atomic E-state index is -0.556. The summed E-state index contributed by atoms with van der Waals surface area (Å²) in [7, 11) is 1.55. The Bertz CT molecular complexity index is 641. The minimum Gasteiger partial charge on any atom is -0.497 e. The molecule has 0 N–H and O–H groups in total. The second-order valence-electron chi connectivity index (χ2n) is 3.74. The zero-order valence-electron chi connectivity index (χ0n) is 10.8. The quantitative estimate of drug-likeness (QED) is 0.773. The van der Waals surface area contributed by atoms with Gasteiger partial charge in [0.15, 0.2) is 5.76 Å². The van der Waals surface area contributed by atoms with Crippen molar-refractivity contribution in [1.82, 2.24) is 5.16 Å². The first-order chi connectivity index (χ1) is 9.58. The van der Waals surface area contributed by atoms with Gasteiger partial charge in [-0.05, 0) is 41.1 Å². The second-order valence-corrected chi connectivity index (χ2v) is 4.94. The van der Waals surface area contributed by atoms with Gasteiger partial charge in [0.2, 0.25) is 5.69 Å². The van der Waals surface area contributed by atoms with Gasteiger partial charge in [-0.15, -0.1) is 0 Å². The van der Waals surface area contributed by atoms with Gasteiger partial charge < -0.3 is 14.0 Å². The molecule has 7 heteroatoms. The van der Waals surface area contributed by atoms with Crippen LogP contribution >= 0.6 is 27.5 Å². The highest BCUT2D eigenvalue weighted by Crippen LogP contribution is 2.37. The molecule has 0 unspecified atom stereocenters. The molecule has 5 nitrogen and oxygen atoms in total. The molecule has 106 valence electrons. The molecule has 0 bridgehead atoms. The lowest BCUT2D eigenvalue weighted by atomic mass is 10.1. The Morgan fingerprint density at radius 3 is 2.85 bits per heavy atom. The number of nitrogens with zero attached hydrogens (tertiary/aromatic N) is 1. The predicted molar refractivity (Wildman–Crippen MR) is 77.2 cm³/mol. The Morgan fingerprint density at radius 2 is 2.25 bits per heavy atom. The number of aromatic nitrogens is 1. The minimum absolute atomic E-state index is 0.0775. The van der Waals surface area contributed by atoms with Crippen LogP contribution in [-0.2, 0) is 4.74 Å². The number of carbonyl (C=O) groups excluding carboxylic acids is 1. The Hall–Kier alpha value is -1.53. The van der Waals surface area contributed by atoms with Crippen molar-refractivity contribution in [2.75, 3.05) is 13.7 Å². The van der Waals surface area contributed by atoms with Crippen LogP contribution in [0.3, 0.4) is 0 Å². The van der Waals surface area contributed by atoms with Crippen molar-refractivity contribution in [2.45, 2.75) is 6.92 Å². The van der Waals surface area contributed by atoms with Crippen LogP contribution in [0.25, 0.3) is 11.3 Å². The fourth-order valence-electron chi connectivity index (χ4n) is 1.58. The van der Waals surface area contributed by atoms with E-state index in [2.05, 4.69) is 21.1 Å². The number of hydrogen-bond acceptors (Lipinski definition) is 5. The molecule has 0 aliphatic heterocycles. The van der Waals surface area contributed by atoms with E-state index in [-0.39, 0.29) is 12.3 Å². The van der Waals surface area contributed by atoms with E-state index in [9.17, 15) is 4.79 Å². The zero-order chi connectivity index (χ0) is 14.7. The van der Waals surface area contributed by atoms with E-state index in [1.54, 1.807) is 32.2 Å². The topological polar surface area (TPSA) is 61.6 Å². The van der Waals surface area contributed by atoms with Crippen LogP contribution in [0.1, 0.15) is 17.4 Å². The van der Waals surface area contributed by atoms with Crippen LogP contribution in [0.5, 0.6) is 5.75 Å². The van der Waals surface area contributed by atoms with E-state index < -0.39 is 5.97 Å². The number of carbonyl (C=O) groups is 1. The summed E-state index contributed by atoms with van der Waals surface area (Å²) in [6, 6.07) is 5.11. The molecule has 0 amide bonds. The molecule has 0 spiro atoms. The number of ether oxygens (including phenoxy) is 2. The van der Waals surface area contributed by atoms with Gasteiger partial charge in [0.05, 0.1) is 18.7 Å². The van der Waals surface area contributed by atoms with Crippen LogP contribution in [0.15, 0.2) is 27.2 Å². The van der Waals surface area contributed by atoms with Crippen molar-refractivity contribution < 1.29 is 18.8 Å². The van der Waals surface area contributed by atoms with Gasteiger partial charge >= 0.3 is 5.97 Å². The van der Waals surface area contributed by atoms with Gasteiger partial charge in [-0.2, -0.15) is 0 Å². The molecule has 0 saturated carbocycles. The van der Waals surface area contributed by atoms with Crippen LogP contribution in [0.4, 0.5) is 0 Å². The van der Waals surface area contributed by atoms with Crippen molar-refractivity contribution in [1.29, 1.82) is 0 Å². The van der Waals surface area contributed by atoms with E-state index in [1.807, 2.05) is 0 Å². The normalized spacial score (nSPS) is 10.4. The molecule has 2 aromatic rings. The van der Waals surface area contributed by atoms with E-state index in [0.29, 0.717) is 26.6 Å². The molecular formula is C13H11BrClNO4. The molecule has 0 atom stereocenters. The molecule has 1 aromatic carbocycles. The number of hydrogen-bond donors (Lipinski definition) is 0. The third kappa shape index (κ3) is 2.81. The average Bonchev–Trinajstić information content (AvgIpc) is 2.80. The third-order valence-electron chi connectivity index (χ3n) is 2.53. The summed E-state index contributed by atoms with van der Waals surface area (Å²) in [5, 5.41) is 4.14. The summed E-state index contributed by atoms with van der Waals surface area (Å²) in [6.07, 6.45) is 0. The predicted octanol–water partition coefficient (Wildman–Crippen LogP) is 3.94. The fourth-order valence-corrected chi connectivity index (χ4v) is 2.36. The first-order valence-corrected chi connectivity index (χ1v) is 6.91. The number of esters is 1. The maximum absolute atomic E-state index is 11.7. The highest BCUT2D eigenvalue weighted by atomic mass is 79.9. The van der Waals surface area contributed by atoms with Crippen LogP contribution in [0, 0.1) is 0 Å². The maximum atomic E-state index is 11.7. The molecule has 0 aliphatic rings. The summed E-state index contributed by atoms with van der Waals surface area (Å²) in [4.78, 5) is 11.7. The molecule has 0 fully saturated rings. The molecular weight excluding hydrogens is 350 g/mol. The second kappa shape index (κ2) is 6.28. The lowest BCUT2D eigenvalue weighted by Crippen LogP contribution is -2.05. The van der Waals surface area contributed by atoms with Crippen molar-refractivity contribution in [2.24, 2.45) is 0 Å². The van der Waals surface area contributed by atoms with Gasteiger partial charge in [-0.1, -0.05) is 16.8 Å². The zero-order valence-corrected chi connectivity index (χ0v) is 13.1. The molecule has 1 heterocycles. The molecule has 0 saturated heterocycles. The monoisotopic (exact) mass is 359 g/mol. The van der Waals surface area contributed by atoms with Crippen LogP contribution in [0.2, 0.25) is 5.02 Å². The van der Waals surface area contributed by atoms with Gasteiger partial charge in [0, 0.05) is 5.56 Å². The van der Waals surface area contributed by atoms with E-state index in [0.717, 1.165) is 0 Å². The fraction of sp³-hybridized carbons (Fsp3) is 0.231. The van der Waals surface area contributed by atoms with Gasteiger partial charge in [0.25, 0.3) is 0 Å². The Kier molecular flexibility index (Phi) is 4.67. The summed E-state index contributed by atoms with van der Waals surface area (Å²) in [6.45, 7) is 1.98. The van der Waals surface area contributed by atoms with Gasteiger partial charge in [0.1, 0.15) is 10.2 Å².